The van der Waals surface area contributed by atoms with Crippen LogP contribution in [0.3, 0.4) is 0 Å². The number of benzene rings is 2. The average molecular weight is 375 g/mol. The van der Waals surface area contributed by atoms with Crippen molar-refractivity contribution in [2.45, 2.75) is 24.3 Å². The molecule has 5 nitrogen and oxygen atoms in total. The fraction of sp³-hybridized carbons (Fsp3) is 0.400. The van der Waals surface area contributed by atoms with Gasteiger partial charge in [0.2, 0.25) is 10.0 Å². The van der Waals surface area contributed by atoms with Crippen LogP contribution >= 0.6 is 0 Å². The molecule has 2 aromatic carbocycles. The quantitative estimate of drug-likeness (QED) is 0.873. The summed E-state index contributed by atoms with van der Waals surface area (Å²) in [6.45, 7) is 4.81. The molecular formula is C20H26N2O3S. The maximum absolute atomic E-state index is 12.9. The molecule has 1 fully saturated rings. The molecule has 140 valence electrons. The van der Waals surface area contributed by atoms with Crippen molar-refractivity contribution in [2.75, 3.05) is 32.7 Å². The fourth-order valence-electron chi connectivity index (χ4n) is 3.25. The molecule has 26 heavy (non-hydrogen) atoms. The molecule has 1 atom stereocenters. The number of aliphatic hydroxyl groups is 1. The third-order valence-electron chi connectivity index (χ3n) is 4.82. The molecule has 0 aliphatic carbocycles. The number of aryl methyl sites for hydroxylation is 1. The zero-order valence-electron chi connectivity index (χ0n) is 15.1. The summed E-state index contributed by atoms with van der Waals surface area (Å²) >= 11 is 0. The van der Waals surface area contributed by atoms with E-state index in [1.807, 2.05) is 49.4 Å². The Bertz CT molecular complexity index is 807. The summed E-state index contributed by atoms with van der Waals surface area (Å²) in [5.74, 6) is 0. The minimum atomic E-state index is -3.46. The Morgan fingerprint density at radius 2 is 1.65 bits per heavy atom. The fourth-order valence-corrected chi connectivity index (χ4v) is 4.72. The highest BCUT2D eigenvalue weighted by Gasteiger charge is 2.27. The van der Waals surface area contributed by atoms with Crippen LogP contribution in [0.4, 0.5) is 0 Å². The van der Waals surface area contributed by atoms with Gasteiger partial charge in [-0.2, -0.15) is 4.31 Å². The van der Waals surface area contributed by atoms with E-state index >= 15 is 0 Å². The number of rotatable bonds is 5. The lowest BCUT2D eigenvalue weighted by Gasteiger charge is -2.24. The minimum absolute atomic E-state index is 0.348. The largest absolute Gasteiger partial charge is 0.387 e. The Hall–Kier alpha value is -1.73. The second-order valence-corrected chi connectivity index (χ2v) is 8.74. The molecule has 1 N–H and O–H groups in total. The van der Waals surface area contributed by atoms with Gasteiger partial charge < -0.3 is 5.11 Å². The van der Waals surface area contributed by atoms with Gasteiger partial charge in [0.25, 0.3) is 0 Å². The van der Waals surface area contributed by atoms with E-state index in [0.717, 1.165) is 24.1 Å². The number of hydrogen-bond acceptors (Lipinski definition) is 4. The average Bonchev–Trinajstić information content (AvgIpc) is 2.89. The molecule has 1 heterocycles. The van der Waals surface area contributed by atoms with Gasteiger partial charge in [0.1, 0.15) is 0 Å². The van der Waals surface area contributed by atoms with Crippen LogP contribution < -0.4 is 0 Å². The molecular weight excluding hydrogens is 348 g/mol. The van der Waals surface area contributed by atoms with E-state index in [4.69, 9.17) is 0 Å². The lowest BCUT2D eigenvalue weighted by atomic mass is 10.1. The van der Waals surface area contributed by atoms with Gasteiger partial charge >= 0.3 is 0 Å². The number of nitrogens with zero attached hydrogens (tertiary/aromatic N) is 2. The van der Waals surface area contributed by atoms with Crippen LogP contribution in [0.1, 0.15) is 23.7 Å². The highest BCUT2D eigenvalue weighted by atomic mass is 32.2. The summed E-state index contributed by atoms with van der Waals surface area (Å²) in [5, 5.41) is 10.4. The standard InChI is InChI=1S/C20H26N2O3S/c1-17-8-10-19(11-9-17)26(24,25)22-13-5-12-21(14-15-22)16-20(23)18-6-3-2-4-7-18/h2-4,6-11,20,23H,5,12-16H2,1H3/t20-/m0/s1. The van der Waals surface area contributed by atoms with Crippen molar-refractivity contribution in [1.29, 1.82) is 0 Å². The van der Waals surface area contributed by atoms with Gasteiger partial charge in [-0.1, -0.05) is 48.0 Å². The molecule has 0 bridgehead atoms. The van der Waals surface area contributed by atoms with Crippen molar-refractivity contribution in [3.8, 4) is 0 Å². The Balaban J connectivity index is 1.63. The first-order valence-corrected chi connectivity index (χ1v) is 10.4. The Morgan fingerprint density at radius 1 is 0.962 bits per heavy atom. The number of β-amino-alcohol motifs (C(OH)–C–C–N with tert-alkyl or cyclic N) is 1. The molecule has 1 saturated heterocycles. The Morgan fingerprint density at radius 3 is 2.35 bits per heavy atom. The van der Waals surface area contributed by atoms with Crippen LogP contribution in [0.5, 0.6) is 0 Å². The molecule has 0 aromatic heterocycles. The zero-order chi connectivity index (χ0) is 18.6. The normalized spacial score (nSPS) is 18.4. The molecule has 0 spiro atoms. The van der Waals surface area contributed by atoms with Crippen molar-refractivity contribution in [1.82, 2.24) is 9.21 Å². The second kappa shape index (κ2) is 8.31. The van der Waals surface area contributed by atoms with E-state index < -0.39 is 16.1 Å². The van der Waals surface area contributed by atoms with Crippen LogP contribution in [-0.2, 0) is 10.0 Å². The van der Waals surface area contributed by atoms with Gasteiger partial charge in [-0.3, -0.25) is 4.90 Å². The van der Waals surface area contributed by atoms with Crippen molar-refractivity contribution in [3.63, 3.8) is 0 Å². The molecule has 0 unspecified atom stereocenters. The number of aliphatic hydroxyl groups excluding tert-OH is 1. The maximum atomic E-state index is 12.9. The van der Waals surface area contributed by atoms with Gasteiger partial charge in [-0.05, 0) is 37.6 Å². The van der Waals surface area contributed by atoms with Crippen LogP contribution in [0.25, 0.3) is 0 Å². The Kier molecular flexibility index (Phi) is 6.09. The van der Waals surface area contributed by atoms with Gasteiger partial charge in [0, 0.05) is 26.2 Å². The van der Waals surface area contributed by atoms with Gasteiger partial charge in [0.15, 0.2) is 0 Å². The summed E-state index contributed by atoms with van der Waals surface area (Å²) in [4.78, 5) is 2.49. The first-order chi connectivity index (χ1) is 12.5. The summed E-state index contributed by atoms with van der Waals surface area (Å²) in [5.41, 5.74) is 1.93. The van der Waals surface area contributed by atoms with Crippen molar-refractivity contribution >= 4 is 10.0 Å². The predicted octanol–water partition coefficient (Wildman–Crippen LogP) is 2.43. The predicted molar refractivity (Wildman–Crippen MR) is 102 cm³/mol. The van der Waals surface area contributed by atoms with Crippen LogP contribution in [0.15, 0.2) is 59.5 Å². The lowest BCUT2D eigenvalue weighted by molar-refractivity contribution is 0.116. The number of sulfonamides is 1. The van der Waals surface area contributed by atoms with Crippen LogP contribution in [-0.4, -0.2) is 55.5 Å². The summed E-state index contributed by atoms with van der Waals surface area (Å²) in [6, 6.07) is 16.6. The zero-order valence-corrected chi connectivity index (χ0v) is 15.9. The maximum Gasteiger partial charge on any atom is 0.243 e. The van der Waals surface area contributed by atoms with E-state index in [0.29, 0.717) is 31.1 Å². The highest BCUT2D eigenvalue weighted by Crippen LogP contribution is 2.20. The molecule has 3 rings (SSSR count). The van der Waals surface area contributed by atoms with E-state index in [2.05, 4.69) is 4.90 Å². The van der Waals surface area contributed by atoms with Gasteiger partial charge in [-0.15, -0.1) is 0 Å². The molecule has 0 amide bonds. The van der Waals surface area contributed by atoms with Crippen molar-refractivity contribution in [2.24, 2.45) is 0 Å². The second-order valence-electron chi connectivity index (χ2n) is 6.80. The minimum Gasteiger partial charge on any atom is -0.387 e. The summed E-state index contributed by atoms with van der Waals surface area (Å²) in [7, 11) is -3.46. The third-order valence-corrected chi connectivity index (χ3v) is 6.73. The third kappa shape index (κ3) is 4.51. The lowest BCUT2D eigenvalue weighted by Crippen LogP contribution is -2.36. The highest BCUT2D eigenvalue weighted by molar-refractivity contribution is 7.89. The van der Waals surface area contributed by atoms with Crippen molar-refractivity contribution in [3.05, 3.63) is 65.7 Å². The monoisotopic (exact) mass is 374 g/mol. The molecule has 1 aliphatic rings. The first-order valence-electron chi connectivity index (χ1n) is 8.99. The topological polar surface area (TPSA) is 60.9 Å². The van der Waals surface area contributed by atoms with Crippen LogP contribution in [0, 0.1) is 6.92 Å². The van der Waals surface area contributed by atoms with Gasteiger partial charge in [-0.25, -0.2) is 8.42 Å². The SMILES string of the molecule is Cc1ccc(S(=O)(=O)N2CCCN(C[C@H](O)c3ccccc3)CC2)cc1. The summed E-state index contributed by atoms with van der Waals surface area (Å²) < 4.78 is 27.3. The van der Waals surface area contributed by atoms with Crippen LogP contribution in [0.2, 0.25) is 0 Å². The molecule has 1 aliphatic heterocycles. The van der Waals surface area contributed by atoms with Gasteiger partial charge in [0.05, 0.1) is 11.0 Å². The number of hydrogen-bond donors (Lipinski definition) is 1. The van der Waals surface area contributed by atoms with E-state index in [-0.39, 0.29) is 0 Å². The van der Waals surface area contributed by atoms with E-state index in [1.54, 1.807) is 16.4 Å². The van der Waals surface area contributed by atoms with E-state index in [9.17, 15) is 13.5 Å². The molecule has 0 saturated carbocycles. The van der Waals surface area contributed by atoms with E-state index in [1.165, 1.54) is 0 Å². The molecule has 6 heteroatoms. The Labute approximate surface area is 155 Å². The summed E-state index contributed by atoms with van der Waals surface area (Å²) in [6.07, 6.45) is 0.198. The molecule has 0 radical (unpaired) electrons. The first kappa shape index (κ1) is 19.0. The molecule has 2 aromatic rings. The smallest absolute Gasteiger partial charge is 0.243 e. The van der Waals surface area contributed by atoms with Crippen molar-refractivity contribution < 1.29 is 13.5 Å².